The van der Waals surface area contributed by atoms with Gasteiger partial charge in [0.2, 0.25) is 0 Å². The van der Waals surface area contributed by atoms with Gasteiger partial charge in [-0.15, -0.1) is 0 Å². The lowest BCUT2D eigenvalue weighted by Gasteiger charge is -2.24. The molecule has 6 nitrogen and oxygen atoms in total. The maximum absolute atomic E-state index is 6.23. The summed E-state index contributed by atoms with van der Waals surface area (Å²) >= 11 is 0. The van der Waals surface area contributed by atoms with Crippen molar-refractivity contribution in [1.82, 2.24) is 25.3 Å². The molecule has 0 radical (unpaired) electrons. The van der Waals surface area contributed by atoms with Crippen molar-refractivity contribution in [3.63, 3.8) is 0 Å². The second kappa shape index (κ2) is 5.73. The number of H-pyrrole nitrogens is 1. The zero-order valence-electron chi connectivity index (χ0n) is 12.1. The second-order valence-electron chi connectivity index (χ2n) is 5.45. The summed E-state index contributed by atoms with van der Waals surface area (Å²) in [7, 11) is 0. The fourth-order valence-electron chi connectivity index (χ4n) is 2.89. The van der Waals surface area contributed by atoms with Crippen LogP contribution in [-0.4, -0.2) is 39.1 Å². The van der Waals surface area contributed by atoms with Gasteiger partial charge >= 0.3 is 0 Å². The lowest BCUT2D eigenvalue weighted by atomic mass is 10.1. The fraction of sp³-hybridized carbons (Fsp3) is 0.312. The average molecular weight is 295 g/mol. The van der Waals surface area contributed by atoms with Crippen LogP contribution in [0.2, 0.25) is 0 Å². The number of ether oxygens (including phenoxy) is 1. The number of fused-ring (bicyclic) bond motifs is 1. The van der Waals surface area contributed by atoms with Crippen LogP contribution >= 0.6 is 0 Å². The first kappa shape index (κ1) is 13.2. The summed E-state index contributed by atoms with van der Waals surface area (Å²) in [5.74, 6) is 0.860. The minimum absolute atomic E-state index is 0.203. The van der Waals surface area contributed by atoms with Gasteiger partial charge in [0.25, 0.3) is 0 Å². The highest BCUT2D eigenvalue weighted by Gasteiger charge is 2.18. The third-order valence-corrected chi connectivity index (χ3v) is 3.95. The van der Waals surface area contributed by atoms with Gasteiger partial charge < -0.3 is 15.0 Å². The zero-order chi connectivity index (χ0) is 14.8. The molecular weight excluding hydrogens is 278 g/mol. The van der Waals surface area contributed by atoms with Crippen molar-refractivity contribution in [2.75, 3.05) is 13.1 Å². The zero-order valence-corrected chi connectivity index (χ0v) is 12.1. The molecule has 1 fully saturated rings. The Morgan fingerprint density at radius 3 is 2.95 bits per heavy atom. The number of aromatic nitrogens is 4. The van der Waals surface area contributed by atoms with Crippen LogP contribution in [0.4, 0.5) is 0 Å². The van der Waals surface area contributed by atoms with Crippen LogP contribution in [0, 0.1) is 0 Å². The van der Waals surface area contributed by atoms with Crippen molar-refractivity contribution in [3.8, 4) is 16.9 Å². The predicted molar refractivity (Wildman–Crippen MR) is 83.6 cm³/mol. The molecule has 0 spiro atoms. The molecule has 1 aliphatic rings. The van der Waals surface area contributed by atoms with Gasteiger partial charge in [0.15, 0.2) is 0 Å². The normalized spacial score (nSPS) is 18.5. The smallest absolute Gasteiger partial charge is 0.141 e. The molecule has 4 rings (SSSR count). The second-order valence-corrected chi connectivity index (χ2v) is 5.45. The van der Waals surface area contributed by atoms with Crippen LogP contribution in [0.1, 0.15) is 12.8 Å². The number of hydrogen-bond donors (Lipinski definition) is 2. The highest BCUT2D eigenvalue weighted by atomic mass is 16.5. The van der Waals surface area contributed by atoms with Gasteiger partial charge in [-0.25, -0.2) is 15.0 Å². The Bertz CT molecular complexity index is 765. The van der Waals surface area contributed by atoms with Crippen LogP contribution < -0.4 is 10.1 Å². The van der Waals surface area contributed by atoms with E-state index in [2.05, 4.69) is 25.3 Å². The van der Waals surface area contributed by atoms with E-state index in [1.165, 1.54) is 6.33 Å². The summed E-state index contributed by atoms with van der Waals surface area (Å²) in [6, 6.07) is 1.93. The van der Waals surface area contributed by atoms with Crippen molar-refractivity contribution >= 4 is 11.0 Å². The number of aromatic amines is 1. The Kier molecular flexibility index (Phi) is 3.44. The number of nitrogens with one attached hydrogen (secondary N) is 2. The van der Waals surface area contributed by atoms with Gasteiger partial charge in [0.05, 0.1) is 5.39 Å². The van der Waals surface area contributed by atoms with Gasteiger partial charge in [0.1, 0.15) is 23.8 Å². The van der Waals surface area contributed by atoms with Crippen molar-refractivity contribution in [1.29, 1.82) is 0 Å². The SMILES string of the molecule is c1ncc(-c2c[nH]c3nccc(O[C@@H]4CCCNC4)c23)cn1. The molecule has 1 atom stereocenters. The van der Waals surface area contributed by atoms with E-state index in [1.54, 1.807) is 18.6 Å². The van der Waals surface area contributed by atoms with Gasteiger partial charge in [-0.3, -0.25) is 0 Å². The first-order valence-corrected chi connectivity index (χ1v) is 7.50. The summed E-state index contributed by atoms with van der Waals surface area (Å²) in [5, 5.41) is 4.36. The van der Waals surface area contributed by atoms with E-state index in [1.807, 2.05) is 12.3 Å². The average Bonchev–Trinajstić information content (AvgIpc) is 3.02. The molecule has 0 aliphatic carbocycles. The molecule has 6 heteroatoms. The van der Waals surface area contributed by atoms with Crippen LogP contribution in [-0.2, 0) is 0 Å². The quantitative estimate of drug-likeness (QED) is 0.774. The number of rotatable bonds is 3. The van der Waals surface area contributed by atoms with Crippen LogP contribution in [0.15, 0.2) is 37.2 Å². The number of pyridine rings is 1. The van der Waals surface area contributed by atoms with E-state index >= 15 is 0 Å². The third-order valence-electron chi connectivity index (χ3n) is 3.95. The Hall–Kier alpha value is -2.47. The maximum atomic E-state index is 6.23. The standard InChI is InChI=1S/C16H17N5O/c1-2-12(8-17-4-1)22-14-3-5-20-16-15(14)13(9-21-16)11-6-18-10-19-7-11/h3,5-7,9-10,12,17H,1-2,4,8H2,(H,20,21)/t12-/m1/s1. The largest absolute Gasteiger partial charge is 0.488 e. The Morgan fingerprint density at radius 1 is 1.23 bits per heavy atom. The lowest BCUT2D eigenvalue weighted by molar-refractivity contribution is 0.169. The van der Waals surface area contributed by atoms with Crippen LogP contribution in [0.5, 0.6) is 5.75 Å². The minimum Gasteiger partial charge on any atom is -0.488 e. The molecule has 1 aliphatic heterocycles. The topological polar surface area (TPSA) is 75.7 Å². The Balaban J connectivity index is 1.76. The van der Waals surface area contributed by atoms with E-state index in [-0.39, 0.29) is 6.10 Å². The molecule has 1 saturated heterocycles. The van der Waals surface area contributed by atoms with Crippen molar-refractivity contribution in [3.05, 3.63) is 37.2 Å². The van der Waals surface area contributed by atoms with Crippen LogP contribution in [0.25, 0.3) is 22.2 Å². The van der Waals surface area contributed by atoms with E-state index in [4.69, 9.17) is 4.74 Å². The lowest BCUT2D eigenvalue weighted by Crippen LogP contribution is -2.37. The molecule has 22 heavy (non-hydrogen) atoms. The maximum Gasteiger partial charge on any atom is 0.141 e. The molecule has 3 aromatic rings. The highest BCUT2D eigenvalue weighted by Crippen LogP contribution is 2.34. The van der Waals surface area contributed by atoms with E-state index in [0.717, 1.165) is 53.8 Å². The van der Waals surface area contributed by atoms with Gasteiger partial charge in [-0.1, -0.05) is 0 Å². The molecule has 3 aromatic heterocycles. The van der Waals surface area contributed by atoms with E-state index in [0.29, 0.717) is 0 Å². The fourth-order valence-corrected chi connectivity index (χ4v) is 2.89. The van der Waals surface area contributed by atoms with Crippen molar-refractivity contribution < 1.29 is 4.74 Å². The number of piperidine rings is 1. The predicted octanol–water partition coefficient (Wildman–Crippen LogP) is 2.15. The summed E-state index contributed by atoms with van der Waals surface area (Å²) in [5.41, 5.74) is 2.79. The molecule has 0 aromatic carbocycles. The molecule has 0 amide bonds. The van der Waals surface area contributed by atoms with Gasteiger partial charge in [0, 0.05) is 42.5 Å². The molecule has 4 heterocycles. The molecular formula is C16H17N5O. The van der Waals surface area contributed by atoms with Crippen molar-refractivity contribution in [2.24, 2.45) is 0 Å². The summed E-state index contributed by atoms with van der Waals surface area (Å²) in [6.07, 6.45) is 11.3. The molecule has 2 N–H and O–H groups in total. The molecule has 0 unspecified atom stereocenters. The van der Waals surface area contributed by atoms with Crippen LogP contribution in [0.3, 0.4) is 0 Å². The summed E-state index contributed by atoms with van der Waals surface area (Å²) < 4.78 is 6.23. The first-order chi connectivity index (χ1) is 10.9. The number of hydrogen-bond acceptors (Lipinski definition) is 5. The summed E-state index contributed by atoms with van der Waals surface area (Å²) in [6.45, 7) is 1.96. The monoisotopic (exact) mass is 295 g/mol. The Morgan fingerprint density at radius 2 is 2.14 bits per heavy atom. The highest BCUT2D eigenvalue weighted by molar-refractivity contribution is 5.97. The van der Waals surface area contributed by atoms with E-state index in [9.17, 15) is 0 Å². The summed E-state index contributed by atoms with van der Waals surface area (Å²) in [4.78, 5) is 15.8. The first-order valence-electron chi connectivity index (χ1n) is 7.50. The van der Waals surface area contributed by atoms with Crippen molar-refractivity contribution in [2.45, 2.75) is 18.9 Å². The minimum atomic E-state index is 0.203. The molecule has 0 saturated carbocycles. The van der Waals surface area contributed by atoms with Gasteiger partial charge in [-0.05, 0) is 25.5 Å². The molecule has 0 bridgehead atoms. The molecule has 112 valence electrons. The third kappa shape index (κ3) is 2.42. The Labute approximate surface area is 128 Å². The number of nitrogens with zero attached hydrogens (tertiary/aromatic N) is 3. The van der Waals surface area contributed by atoms with E-state index < -0.39 is 0 Å². The van der Waals surface area contributed by atoms with Gasteiger partial charge in [-0.2, -0.15) is 0 Å².